The van der Waals surface area contributed by atoms with Crippen LogP contribution in [0.5, 0.6) is 11.5 Å². The average molecular weight is 475 g/mol. The van der Waals surface area contributed by atoms with Crippen molar-refractivity contribution in [3.05, 3.63) is 35.9 Å². The summed E-state index contributed by atoms with van der Waals surface area (Å²) in [4.78, 5) is 41.2. The molecule has 184 valence electrons. The number of amides is 1. The van der Waals surface area contributed by atoms with Gasteiger partial charge in [0, 0.05) is 12.8 Å². The normalized spacial score (nSPS) is 33.1. The van der Waals surface area contributed by atoms with Crippen molar-refractivity contribution in [3.63, 3.8) is 0 Å². The number of benzene rings is 1. The minimum atomic E-state index is -1.89. The van der Waals surface area contributed by atoms with Crippen LogP contribution in [0.4, 0.5) is 0 Å². The molecule has 10 heteroatoms. The van der Waals surface area contributed by atoms with Crippen LogP contribution in [0, 0.1) is 5.41 Å². The molecule has 1 aliphatic carbocycles. The van der Waals surface area contributed by atoms with Crippen molar-refractivity contribution in [2.75, 3.05) is 27.4 Å². The molecule has 1 aromatic carbocycles. The maximum absolute atomic E-state index is 13.6. The first-order chi connectivity index (χ1) is 16.1. The highest BCUT2D eigenvalue weighted by molar-refractivity contribution is 6.01. The molecule has 1 saturated carbocycles. The number of rotatable bonds is 7. The predicted molar refractivity (Wildman–Crippen MR) is 117 cm³/mol. The third-order valence-electron chi connectivity index (χ3n) is 7.38. The standard InChI is InChI=1S/C24H29NO9/c1-6-22(30)12-23(21(29)34-8-3)18(26)19(27)25-15(20(28)33-7-2)9-13-10-16(31-4)17(32-5)11-14(13)24(22,23)25/h6,10-11,15,18,26,30H,1,7-9,12H2,2-5H3/t15-,18+,22-,23-,24-/m0/s1. The van der Waals surface area contributed by atoms with Gasteiger partial charge in [-0.25, -0.2) is 4.79 Å². The van der Waals surface area contributed by atoms with Crippen LogP contribution < -0.4 is 9.47 Å². The second-order valence-corrected chi connectivity index (χ2v) is 8.65. The SMILES string of the molecule is C=C[C@]1(O)C[C@@]2(C(=O)OCC)[C@H](O)C(=O)N3[C@H](C(=O)OCC)Cc4cc(OC)c(OC)cc4[C@]312. The van der Waals surface area contributed by atoms with Crippen molar-refractivity contribution in [2.45, 2.75) is 50.0 Å². The number of carbonyl (C=O) groups is 3. The second kappa shape index (κ2) is 7.99. The Morgan fingerprint density at radius 1 is 1.18 bits per heavy atom. The fourth-order valence-electron chi connectivity index (χ4n) is 6.14. The molecule has 4 rings (SSSR count). The number of aliphatic hydroxyl groups is 2. The van der Waals surface area contributed by atoms with Gasteiger partial charge in [0.1, 0.15) is 22.6 Å². The highest BCUT2D eigenvalue weighted by Crippen LogP contribution is 2.73. The molecule has 2 fully saturated rings. The molecule has 1 aromatic rings. The zero-order valence-corrected chi connectivity index (χ0v) is 19.6. The molecule has 2 heterocycles. The van der Waals surface area contributed by atoms with E-state index < -0.39 is 46.5 Å². The molecule has 1 saturated heterocycles. The lowest BCUT2D eigenvalue weighted by atomic mass is 9.42. The lowest BCUT2D eigenvalue weighted by Crippen LogP contribution is -2.81. The predicted octanol–water partition coefficient (Wildman–Crippen LogP) is 0.460. The summed E-state index contributed by atoms with van der Waals surface area (Å²) in [6.45, 7) is 7.03. The Bertz CT molecular complexity index is 1070. The molecule has 1 amide bonds. The Labute approximate surface area is 197 Å². The van der Waals surface area contributed by atoms with E-state index in [4.69, 9.17) is 18.9 Å². The molecular formula is C24H29NO9. The fourth-order valence-corrected chi connectivity index (χ4v) is 6.14. The molecule has 5 atom stereocenters. The van der Waals surface area contributed by atoms with Gasteiger partial charge in [0.05, 0.1) is 27.4 Å². The van der Waals surface area contributed by atoms with E-state index in [2.05, 4.69) is 6.58 Å². The monoisotopic (exact) mass is 475 g/mol. The van der Waals surface area contributed by atoms with Crippen LogP contribution in [0.2, 0.25) is 0 Å². The maximum atomic E-state index is 13.6. The summed E-state index contributed by atoms with van der Waals surface area (Å²) in [5.41, 5.74) is -4.76. The molecule has 0 radical (unpaired) electrons. The number of hydrogen-bond donors (Lipinski definition) is 2. The molecule has 34 heavy (non-hydrogen) atoms. The Morgan fingerprint density at radius 2 is 1.79 bits per heavy atom. The number of fused-ring (bicyclic) bond motifs is 1. The minimum Gasteiger partial charge on any atom is -0.493 e. The summed E-state index contributed by atoms with van der Waals surface area (Å²) in [6, 6.07) is 1.99. The van der Waals surface area contributed by atoms with Crippen LogP contribution >= 0.6 is 0 Å². The van der Waals surface area contributed by atoms with Crippen molar-refractivity contribution in [2.24, 2.45) is 5.41 Å². The summed E-state index contributed by atoms with van der Waals surface area (Å²) >= 11 is 0. The van der Waals surface area contributed by atoms with Crippen LogP contribution in [0.15, 0.2) is 24.8 Å². The van der Waals surface area contributed by atoms with Crippen molar-refractivity contribution >= 4 is 17.8 Å². The fraction of sp³-hybridized carbons (Fsp3) is 0.542. The van der Waals surface area contributed by atoms with Gasteiger partial charge in [-0.05, 0) is 37.1 Å². The van der Waals surface area contributed by atoms with E-state index in [0.29, 0.717) is 16.9 Å². The van der Waals surface area contributed by atoms with E-state index in [1.165, 1.54) is 20.3 Å². The van der Waals surface area contributed by atoms with E-state index in [-0.39, 0.29) is 31.8 Å². The van der Waals surface area contributed by atoms with Crippen molar-refractivity contribution < 1.29 is 43.5 Å². The van der Waals surface area contributed by atoms with Gasteiger partial charge in [-0.15, -0.1) is 6.58 Å². The minimum absolute atomic E-state index is 0.00973. The van der Waals surface area contributed by atoms with Crippen LogP contribution in [-0.4, -0.2) is 78.1 Å². The quantitative estimate of drug-likeness (QED) is 0.426. The van der Waals surface area contributed by atoms with E-state index in [1.54, 1.807) is 26.0 Å². The number of esters is 2. The lowest BCUT2D eigenvalue weighted by molar-refractivity contribution is -0.257. The Morgan fingerprint density at radius 3 is 2.35 bits per heavy atom. The number of nitrogens with zero attached hydrogens (tertiary/aromatic N) is 1. The van der Waals surface area contributed by atoms with Crippen LogP contribution in [-0.2, 0) is 35.8 Å². The van der Waals surface area contributed by atoms with Gasteiger partial charge in [0.15, 0.2) is 17.6 Å². The zero-order chi connectivity index (χ0) is 25.1. The van der Waals surface area contributed by atoms with Crippen LogP contribution in [0.3, 0.4) is 0 Å². The third kappa shape index (κ3) is 2.55. The number of methoxy groups -OCH3 is 2. The molecule has 2 aliphatic heterocycles. The molecule has 0 unspecified atom stereocenters. The largest absolute Gasteiger partial charge is 0.493 e. The van der Waals surface area contributed by atoms with Crippen molar-refractivity contribution in [1.29, 1.82) is 0 Å². The second-order valence-electron chi connectivity index (χ2n) is 8.65. The summed E-state index contributed by atoms with van der Waals surface area (Å²) in [5, 5.41) is 23.0. The number of ether oxygens (including phenoxy) is 4. The van der Waals surface area contributed by atoms with Gasteiger partial charge in [0.25, 0.3) is 5.91 Å². The Hall–Kier alpha value is -3.11. The van der Waals surface area contributed by atoms with Crippen LogP contribution in [0.1, 0.15) is 31.4 Å². The molecule has 1 spiro atoms. The van der Waals surface area contributed by atoms with E-state index in [9.17, 15) is 24.6 Å². The molecular weight excluding hydrogens is 446 g/mol. The molecule has 0 bridgehead atoms. The number of aliphatic hydroxyl groups excluding tert-OH is 1. The van der Waals surface area contributed by atoms with Crippen LogP contribution in [0.25, 0.3) is 0 Å². The van der Waals surface area contributed by atoms with Gasteiger partial charge in [-0.2, -0.15) is 0 Å². The highest BCUT2D eigenvalue weighted by atomic mass is 16.5. The third-order valence-corrected chi connectivity index (χ3v) is 7.38. The topological polar surface area (TPSA) is 132 Å². The summed E-state index contributed by atoms with van der Waals surface area (Å²) in [7, 11) is 2.88. The zero-order valence-electron chi connectivity index (χ0n) is 19.6. The van der Waals surface area contributed by atoms with Gasteiger partial charge < -0.3 is 34.1 Å². The molecule has 3 aliphatic rings. The van der Waals surface area contributed by atoms with Crippen molar-refractivity contribution in [3.8, 4) is 11.5 Å². The Balaban J connectivity index is 2.11. The maximum Gasteiger partial charge on any atom is 0.329 e. The van der Waals surface area contributed by atoms with Crippen molar-refractivity contribution in [1.82, 2.24) is 4.90 Å². The summed E-state index contributed by atoms with van der Waals surface area (Å²) in [5.74, 6) is -1.79. The van der Waals surface area contributed by atoms with Gasteiger partial charge in [0.2, 0.25) is 0 Å². The molecule has 10 nitrogen and oxygen atoms in total. The molecule has 2 N–H and O–H groups in total. The first kappa shape index (κ1) is 24.0. The highest BCUT2D eigenvalue weighted by Gasteiger charge is 2.89. The average Bonchev–Trinajstić information content (AvgIpc) is 2.99. The van der Waals surface area contributed by atoms with E-state index in [1.807, 2.05) is 0 Å². The number of hydrogen-bond acceptors (Lipinski definition) is 9. The summed E-state index contributed by atoms with van der Waals surface area (Å²) < 4.78 is 21.4. The number of carbonyl (C=O) groups excluding carboxylic acids is 3. The first-order valence-corrected chi connectivity index (χ1v) is 11.1. The van der Waals surface area contributed by atoms with E-state index >= 15 is 0 Å². The molecule has 0 aromatic heterocycles. The van der Waals surface area contributed by atoms with E-state index in [0.717, 1.165) is 4.90 Å². The summed E-state index contributed by atoms with van der Waals surface area (Å²) in [6.07, 6.45) is -0.935. The van der Waals surface area contributed by atoms with Gasteiger partial charge in [-0.1, -0.05) is 6.08 Å². The van der Waals surface area contributed by atoms with Gasteiger partial charge in [-0.3, -0.25) is 9.59 Å². The smallest absolute Gasteiger partial charge is 0.329 e. The Kier molecular flexibility index (Phi) is 5.64. The lowest BCUT2D eigenvalue weighted by Gasteiger charge is -2.67. The van der Waals surface area contributed by atoms with Gasteiger partial charge >= 0.3 is 11.9 Å². The first-order valence-electron chi connectivity index (χ1n) is 11.1.